The molecule has 0 aliphatic carbocycles. The number of rotatable bonds is 2. The zero-order chi connectivity index (χ0) is 16.0. The summed E-state index contributed by atoms with van der Waals surface area (Å²) in [4.78, 5) is 14.2. The molecule has 0 unspecified atom stereocenters. The van der Waals surface area contributed by atoms with Gasteiger partial charge in [0, 0.05) is 24.2 Å². The van der Waals surface area contributed by atoms with Crippen LogP contribution in [0.15, 0.2) is 18.2 Å². The van der Waals surface area contributed by atoms with Crippen molar-refractivity contribution in [1.82, 2.24) is 5.32 Å². The van der Waals surface area contributed by atoms with Crippen molar-refractivity contribution in [3.63, 3.8) is 0 Å². The molecule has 0 saturated carbocycles. The summed E-state index contributed by atoms with van der Waals surface area (Å²) in [5.41, 5.74) is 2.90. The van der Waals surface area contributed by atoms with Crippen molar-refractivity contribution in [3.05, 3.63) is 29.3 Å². The molecule has 0 atom stereocenters. The van der Waals surface area contributed by atoms with E-state index < -0.39 is 5.97 Å². The van der Waals surface area contributed by atoms with Crippen molar-refractivity contribution in [1.29, 1.82) is 0 Å². The summed E-state index contributed by atoms with van der Waals surface area (Å²) in [5, 5.41) is 13.1. The van der Waals surface area contributed by atoms with Crippen molar-refractivity contribution in [2.75, 3.05) is 31.1 Å². The summed E-state index contributed by atoms with van der Waals surface area (Å²) in [6, 6.07) is 5.76. The maximum Gasteiger partial charge on any atom is 0.336 e. The molecule has 0 radical (unpaired) electrons. The molecule has 2 aliphatic heterocycles. The zero-order valence-corrected chi connectivity index (χ0v) is 13.8. The van der Waals surface area contributed by atoms with Gasteiger partial charge in [-0.25, -0.2) is 4.79 Å². The van der Waals surface area contributed by atoms with Crippen molar-refractivity contribution < 1.29 is 9.90 Å². The number of piperidine rings is 1. The second-order valence-corrected chi connectivity index (χ2v) is 7.95. The largest absolute Gasteiger partial charge is 0.478 e. The SMILES string of the molecule is CC(C)(C)CN1CC2(CCNCC2)c2c(C(=O)O)cccc21. The fraction of sp³-hybridized carbons (Fsp3) is 0.611. The summed E-state index contributed by atoms with van der Waals surface area (Å²) in [5.74, 6) is -0.799. The Kier molecular flexibility index (Phi) is 3.68. The number of benzene rings is 1. The topological polar surface area (TPSA) is 52.6 Å². The fourth-order valence-corrected chi connectivity index (χ4v) is 4.10. The first-order chi connectivity index (χ1) is 10.3. The molecule has 3 rings (SSSR count). The average molecular weight is 302 g/mol. The van der Waals surface area contributed by atoms with E-state index in [2.05, 4.69) is 37.1 Å². The number of nitrogens with one attached hydrogen (secondary N) is 1. The summed E-state index contributed by atoms with van der Waals surface area (Å²) in [6.45, 7) is 10.6. The number of carbonyl (C=O) groups is 1. The third-order valence-corrected chi connectivity index (χ3v) is 4.86. The van der Waals surface area contributed by atoms with Gasteiger partial charge in [-0.3, -0.25) is 0 Å². The maximum absolute atomic E-state index is 11.7. The van der Waals surface area contributed by atoms with Crippen LogP contribution in [0.5, 0.6) is 0 Å². The molecule has 2 aliphatic rings. The first kappa shape index (κ1) is 15.3. The minimum atomic E-state index is -0.799. The van der Waals surface area contributed by atoms with Gasteiger partial charge in [0.25, 0.3) is 0 Å². The van der Waals surface area contributed by atoms with Crippen LogP contribution < -0.4 is 10.2 Å². The number of carboxylic acids is 1. The summed E-state index contributed by atoms with van der Waals surface area (Å²) in [7, 11) is 0. The van der Waals surface area contributed by atoms with E-state index in [1.54, 1.807) is 6.07 Å². The Labute approximate surface area is 132 Å². The van der Waals surface area contributed by atoms with Gasteiger partial charge < -0.3 is 15.3 Å². The Hall–Kier alpha value is -1.55. The van der Waals surface area contributed by atoms with Crippen LogP contribution in [0, 0.1) is 5.41 Å². The standard InChI is InChI=1S/C18H26N2O2/c1-17(2,3)11-20-12-18(7-9-19-10-8-18)15-13(16(21)22)5-4-6-14(15)20/h4-6,19H,7-12H2,1-3H3,(H,21,22). The maximum atomic E-state index is 11.7. The molecule has 1 saturated heterocycles. The van der Waals surface area contributed by atoms with Crippen molar-refractivity contribution in [3.8, 4) is 0 Å². The van der Waals surface area contributed by atoms with Crippen LogP contribution in [0.1, 0.15) is 49.5 Å². The van der Waals surface area contributed by atoms with E-state index in [1.165, 1.54) is 0 Å². The van der Waals surface area contributed by atoms with Crippen LogP contribution in [0.3, 0.4) is 0 Å². The molecule has 0 bridgehead atoms. The van der Waals surface area contributed by atoms with Gasteiger partial charge in [0.2, 0.25) is 0 Å². The molecule has 2 heterocycles. The summed E-state index contributed by atoms with van der Waals surface area (Å²) < 4.78 is 0. The predicted molar refractivity (Wildman–Crippen MR) is 88.9 cm³/mol. The lowest BCUT2D eigenvalue weighted by atomic mass is 9.73. The van der Waals surface area contributed by atoms with E-state index >= 15 is 0 Å². The third kappa shape index (κ3) is 2.60. The van der Waals surface area contributed by atoms with Gasteiger partial charge in [-0.05, 0) is 49.0 Å². The highest BCUT2D eigenvalue weighted by atomic mass is 16.4. The molecule has 1 fully saturated rings. The number of nitrogens with zero attached hydrogens (tertiary/aromatic N) is 1. The van der Waals surface area contributed by atoms with Crippen LogP contribution in [0.4, 0.5) is 5.69 Å². The lowest BCUT2D eigenvalue weighted by Crippen LogP contribution is -2.44. The van der Waals surface area contributed by atoms with Gasteiger partial charge in [-0.2, -0.15) is 0 Å². The molecule has 4 heteroatoms. The molecule has 0 aromatic heterocycles. The van der Waals surface area contributed by atoms with Crippen LogP contribution in [0.25, 0.3) is 0 Å². The van der Waals surface area contributed by atoms with Gasteiger partial charge in [0.05, 0.1) is 5.56 Å². The molecule has 22 heavy (non-hydrogen) atoms. The molecule has 1 aromatic carbocycles. The molecule has 1 aromatic rings. The van der Waals surface area contributed by atoms with Gasteiger partial charge in [-0.15, -0.1) is 0 Å². The van der Waals surface area contributed by atoms with Gasteiger partial charge in [0.1, 0.15) is 0 Å². The number of anilines is 1. The Balaban J connectivity index is 2.09. The second kappa shape index (κ2) is 5.27. The van der Waals surface area contributed by atoms with Crippen molar-refractivity contribution in [2.45, 2.75) is 39.0 Å². The van der Waals surface area contributed by atoms with Gasteiger partial charge in [0.15, 0.2) is 0 Å². The molecule has 1 spiro atoms. The van der Waals surface area contributed by atoms with Gasteiger partial charge in [-0.1, -0.05) is 26.8 Å². The quantitative estimate of drug-likeness (QED) is 0.882. The smallest absolute Gasteiger partial charge is 0.336 e. The Morgan fingerprint density at radius 1 is 1.32 bits per heavy atom. The lowest BCUT2D eigenvalue weighted by molar-refractivity contribution is 0.0693. The molecule has 0 amide bonds. The molecule has 120 valence electrons. The van der Waals surface area contributed by atoms with Crippen LogP contribution in [-0.2, 0) is 5.41 Å². The van der Waals surface area contributed by atoms with E-state index in [-0.39, 0.29) is 10.8 Å². The molecule has 2 N–H and O–H groups in total. The monoisotopic (exact) mass is 302 g/mol. The predicted octanol–water partition coefficient (Wildman–Crippen LogP) is 2.87. The summed E-state index contributed by atoms with van der Waals surface area (Å²) in [6.07, 6.45) is 2.04. The van der Waals surface area contributed by atoms with Crippen molar-refractivity contribution >= 4 is 11.7 Å². The Morgan fingerprint density at radius 2 is 2.00 bits per heavy atom. The number of hydrogen-bond donors (Lipinski definition) is 2. The lowest BCUT2D eigenvalue weighted by Gasteiger charge is -2.36. The number of carboxylic acid groups (broad SMARTS) is 1. The molecular weight excluding hydrogens is 276 g/mol. The summed E-state index contributed by atoms with van der Waals surface area (Å²) >= 11 is 0. The zero-order valence-electron chi connectivity index (χ0n) is 13.8. The normalized spacial score (nSPS) is 20.2. The Bertz CT molecular complexity index is 583. The molecule has 4 nitrogen and oxygen atoms in total. The first-order valence-corrected chi connectivity index (χ1v) is 8.15. The molecular formula is C18H26N2O2. The highest BCUT2D eigenvalue weighted by Crippen LogP contribution is 2.48. The van der Waals surface area contributed by atoms with Crippen LogP contribution in [0.2, 0.25) is 0 Å². The van der Waals surface area contributed by atoms with E-state index in [0.29, 0.717) is 5.56 Å². The van der Waals surface area contributed by atoms with E-state index in [0.717, 1.165) is 50.3 Å². The average Bonchev–Trinajstić information content (AvgIpc) is 2.72. The van der Waals surface area contributed by atoms with Crippen LogP contribution >= 0.6 is 0 Å². The van der Waals surface area contributed by atoms with Crippen LogP contribution in [-0.4, -0.2) is 37.3 Å². The highest BCUT2D eigenvalue weighted by Gasteiger charge is 2.46. The first-order valence-electron chi connectivity index (χ1n) is 8.15. The highest BCUT2D eigenvalue weighted by molar-refractivity contribution is 5.93. The number of aromatic carboxylic acids is 1. The van der Waals surface area contributed by atoms with E-state index in [4.69, 9.17) is 0 Å². The minimum absolute atomic E-state index is 0.000810. The minimum Gasteiger partial charge on any atom is -0.478 e. The van der Waals surface area contributed by atoms with E-state index in [1.807, 2.05) is 6.07 Å². The third-order valence-electron chi connectivity index (χ3n) is 4.86. The van der Waals surface area contributed by atoms with Crippen molar-refractivity contribution in [2.24, 2.45) is 5.41 Å². The van der Waals surface area contributed by atoms with E-state index in [9.17, 15) is 9.90 Å². The van der Waals surface area contributed by atoms with Gasteiger partial charge >= 0.3 is 5.97 Å². The fourth-order valence-electron chi connectivity index (χ4n) is 4.10. The Morgan fingerprint density at radius 3 is 2.59 bits per heavy atom. The number of fused-ring (bicyclic) bond motifs is 2. The second-order valence-electron chi connectivity index (χ2n) is 7.95. The number of hydrogen-bond acceptors (Lipinski definition) is 3.